The van der Waals surface area contributed by atoms with Crippen molar-refractivity contribution >= 4 is 44.4 Å². The van der Waals surface area contributed by atoms with E-state index in [9.17, 15) is 20.4 Å². The quantitative estimate of drug-likeness (QED) is 0.131. The molecule has 8 aromatic carbocycles. The van der Waals surface area contributed by atoms with E-state index >= 15 is 0 Å². The van der Waals surface area contributed by atoms with E-state index in [1.165, 1.54) is 0 Å². The number of nitrogens with zero attached hydrogens (tertiary/aromatic N) is 4. The van der Waals surface area contributed by atoms with Crippen molar-refractivity contribution in [3.63, 3.8) is 0 Å². The van der Waals surface area contributed by atoms with E-state index in [0.717, 1.165) is 66.7 Å². The van der Waals surface area contributed by atoms with Gasteiger partial charge in [-0.3, -0.25) is 0 Å². The van der Waals surface area contributed by atoms with Crippen molar-refractivity contribution in [2.45, 2.75) is 27.7 Å². The van der Waals surface area contributed by atoms with E-state index in [2.05, 4.69) is 19.9 Å². The minimum atomic E-state index is 0. The van der Waals surface area contributed by atoms with Gasteiger partial charge in [-0.1, -0.05) is 72.8 Å². The Balaban J connectivity index is 0.000000123. The molecule has 0 spiro atoms. The van der Waals surface area contributed by atoms with Gasteiger partial charge in [-0.15, -0.1) is 0 Å². The summed E-state index contributed by atoms with van der Waals surface area (Å²) >= 11 is 0. The zero-order chi connectivity index (χ0) is 47.3. The number of aryl methyl sites for hydroxylation is 4. The molecular formula is C56H44N4O8Zr. The second-order valence-corrected chi connectivity index (χ2v) is 16.0. The van der Waals surface area contributed by atoms with Gasteiger partial charge in [0.1, 0.15) is 45.1 Å². The van der Waals surface area contributed by atoms with Crippen LogP contribution in [-0.4, -0.2) is 40.4 Å². The molecule has 12 aromatic rings. The molecular weight excluding hydrogens is 948 g/mol. The van der Waals surface area contributed by atoms with Crippen molar-refractivity contribution in [1.82, 2.24) is 19.9 Å². The molecule has 4 heterocycles. The number of hydrogen-bond donors (Lipinski definition) is 4. The Labute approximate surface area is 415 Å². The Bertz CT molecular complexity index is 3240. The first kappa shape index (κ1) is 47.2. The normalized spacial score (nSPS) is 10.7. The van der Waals surface area contributed by atoms with Crippen LogP contribution in [0.1, 0.15) is 22.3 Å². The third-order valence-electron chi connectivity index (χ3n) is 10.7. The fourth-order valence-corrected chi connectivity index (χ4v) is 7.23. The molecule has 0 amide bonds. The Morgan fingerprint density at radius 2 is 0.493 bits per heavy atom. The van der Waals surface area contributed by atoms with E-state index in [0.29, 0.717) is 45.8 Å². The summed E-state index contributed by atoms with van der Waals surface area (Å²) in [7, 11) is 0. The average Bonchev–Trinajstić information content (AvgIpc) is 4.15. The molecule has 12 rings (SSSR count). The van der Waals surface area contributed by atoms with Crippen LogP contribution in [0.5, 0.6) is 23.0 Å². The second kappa shape index (κ2) is 20.7. The summed E-state index contributed by atoms with van der Waals surface area (Å²) in [6, 6.07) is 51.4. The van der Waals surface area contributed by atoms with Crippen LogP contribution in [0, 0.1) is 27.7 Å². The van der Waals surface area contributed by atoms with Crippen LogP contribution in [0.15, 0.2) is 188 Å². The van der Waals surface area contributed by atoms with Crippen LogP contribution in [0.3, 0.4) is 0 Å². The Hall–Kier alpha value is -8.28. The molecule has 0 saturated heterocycles. The molecule has 0 aliphatic heterocycles. The molecule has 0 saturated carbocycles. The largest absolute Gasteiger partial charge is 0.507 e. The molecule has 0 bridgehead atoms. The fourth-order valence-electron chi connectivity index (χ4n) is 7.23. The number of aromatic hydroxyl groups is 4. The Morgan fingerprint density at radius 3 is 0.696 bits per heavy atom. The predicted molar refractivity (Wildman–Crippen MR) is 263 cm³/mol. The maximum absolute atomic E-state index is 9.74. The zero-order valence-corrected chi connectivity index (χ0v) is 40.3. The summed E-state index contributed by atoms with van der Waals surface area (Å²) in [6.45, 7) is 8.03. The van der Waals surface area contributed by atoms with Gasteiger partial charge < -0.3 is 38.1 Å². The average molecular weight is 992 g/mol. The van der Waals surface area contributed by atoms with Crippen LogP contribution < -0.4 is 0 Å². The molecule has 4 aromatic heterocycles. The third-order valence-corrected chi connectivity index (χ3v) is 10.7. The van der Waals surface area contributed by atoms with Crippen molar-refractivity contribution in [3.05, 3.63) is 192 Å². The molecule has 340 valence electrons. The summed E-state index contributed by atoms with van der Waals surface area (Å²) in [5.74, 6) is 2.50. The topological polar surface area (TPSA) is 185 Å². The number of phenolic OH excluding ortho intramolecular Hbond substituents is 4. The van der Waals surface area contributed by atoms with E-state index in [1.807, 2.05) is 125 Å². The number of benzene rings is 8. The second-order valence-electron chi connectivity index (χ2n) is 16.0. The van der Waals surface area contributed by atoms with E-state index in [1.54, 1.807) is 72.8 Å². The summed E-state index contributed by atoms with van der Waals surface area (Å²) in [4.78, 5) is 17.5. The molecule has 0 aliphatic rings. The number of aromatic nitrogens is 4. The molecule has 4 N–H and O–H groups in total. The van der Waals surface area contributed by atoms with Gasteiger partial charge in [-0.05, 0) is 147 Å². The molecule has 0 unspecified atom stereocenters. The van der Waals surface area contributed by atoms with Crippen LogP contribution in [-0.2, 0) is 26.2 Å². The van der Waals surface area contributed by atoms with Gasteiger partial charge in [0.15, 0.2) is 22.3 Å². The zero-order valence-electron chi connectivity index (χ0n) is 37.9. The smallest absolute Gasteiger partial charge is 0.231 e. The molecule has 69 heavy (non-hydrogen) atoms. The third kappa shape index (κ3) is 10.8. The van der Waals surface area contributed by atoms with Gasteiger partial charge in [0.05, 0.1) is 22.3 Å². The van der Waals surface area contributed by atoms with Crippen molar-refractivity contribution in [1.29, 1.82) is 0 Å². The SMILES string of the molecule is Cc1ccc2oc(-c3ccccc3O)nc2c1.Cc1ccc2oc(-c3ccccc3O)nc2c1.Cc1ccc2oc(-c3ccccc3O)nc2c1.Cc1ccc2oc(-c3ccccc3O)nc2c1.[Zr]. The Kier molecular flexibility index (Phi) is 14.2. The fraction of sp³-hybridized carbons (Fsp3) is 0.0714. The minimum Gasteiger partial charge on any atom is -0.507 e. The number of rotatable bonds is 4. The maximum Gasteiger partial charge on any atom is 0.231 e. The maximum atomic E-state index is 9.74. The molecule has 0 fully saturated rings. The Morgan fingerprint density at radius 1 is 0.290 bits per heavy atom. The minimum absolute atomic E-state index is 0. The summed E-state index contributed by atoms with van der Waals surface area (Å²) in [5.41, 5.74) is 13.1. The molecule has 0 aliphatic carbocycles. The van der Waals surface area contributed by atoms with Gasteiger partial charge in [-0.2, -0.15) is 0 Å². The van der Waals surface area contributed by atoms with Gasteiger partial charge in [0.25, 0.3) is 0 Å². The van der Waals surface area contributed by atoms with E-state index < -0.39 is 0 Å². The predicted octanol–water partition coefficient (Wildman–Crippen LogP) is 14.0. The van der Waals surface area contributed by atoms with E-state index in [4.69, 9.17) is 17.7 Å². The van der Waals surface area contributed by atoms with Crippen molar-refractivity contribution in [3.8, 4) is 68.8 Å². The number of para-hydroxylation sites is 4. The van der Waals surface area contributed by atoms with Gasteiger partial charge in [-0.25, -0.2) is 19.9 Å². The van der Waals surface area contributed by atoms with Crippen LogP contribution in [0.2, 0.25) is 0 Å². The van der Waals surface area contributed by atoms with Gasteiger partial charge in [0.2, 0.25) is 23.6 Å². The monoisotopic (exact) mass is 990 g/mol. The van der Waals surface area contributed by atoms with E-state index in [-0.39, 0.29) is 49.2 Å². The molecule has 0 radical (unpaired) electrons. The number of hydrogen-bond acceptors (Lipinski definition) is 12. The summed E-state index contributed by atoms with van der Waals surface area (Å²) < 4.78 is 22.5. The van der Waals surface area contributed by atoms with Crippen LogP contribution >= 0.6 is 0 Å². The first-order valence-corrected chi connectivity index (χ1v) is 21.6. The molecule has 12 nitrogen and oxygen atoms in total. The first-order chi connectivity index (χ1) is 32.9. The number of phenols is 4. The van der Waals surface area contributed by atoms with Crippen molar-refractivity contribution in [2.75, 3.05) is 0 Å². The molecule has 13 heteroatoms. The van der Waals surface area contributed by atoms with Crippen molar-refractivity contribution in [2.24, 2.45) is 0 Å². The summed E-state index contributed by atoms with van der Waals surface area (Å²) in [6.07, 6.45) is 0. The number of oxazole rings is 4. The summed E-state index contributed by atoms with van der Waals surface area (Å²) in [5, 5.41) is 39.0. The van der Waals surface area contributed by atoms with Crippen LogP contribution in [0.25, 0.3) is 90.2 Å². The van der Waals surface area contributed by atoms with Gasteiger partial charge >= 0.3 is 0 Å². The standard InChI is InChI=1S/4C14H11NO2.Zr/c4*1-9-6-7-13-11(8-9)15-14(17-13)10-4-2-3-5-12(10)16;/h4*2-8,16H,1H3;. The first-order valence-electron chi connectivity index (χ1n) is 21.6. The van der Waals surface area contributed by atoms with Crippen LogP contribution in [0.4, 0.5) is 0 Å². The molecule has 0 atom stereocenters. The van der Waals surface area contributed by atoms with Crippen molar-refractivity contribution < 1.29 is 64.3 Å². The van der Waals surface area contributed by atoms with Gasteiger partial charge in [0, 0.05) is 26.2 Å². The number of fused-ring (bicyclic) bond motifs is 4.